The predicted molar refractivity (Wildman–Crippen MR) is 139 cm³/mol. The topological polar surface area (TPSA) is 75.4 Å². The number of carboxylic acids is 1. The molecular weight excluding hydrogens is 438 g/mol. The van der Waals surface area contributed by atoms with Gasteiger partial charge in [0, 0.05) is 36.6 Å². The standard InChI is InChI=1S/C29H31N3O3/c1-18-8-7-11-21-22(14-15-30-27(18)21)28-26(19-9-5-4-6-10-19)23-13-12-20(29(34)35)16-24(23)32(28)17-25(33)31(2)3/h7-8,11-16,19H,4-6,9-10,17H2,1-3H3,(H,34,35). The highest BCUT2D eigenvalue weighted by atomic mass is 16.4. The van der Waals surface area contributed by atoms with E-state index in [-0.39, 0.29) is 18.0 Å². The zero-order valence-corrected chi connectivity index (χ0v) is 20.5. The highest BCUT2D eigenvalue weighted by Gasteiger charge is 2.29. The van der Waals surface area contributed by atoms with Gasteiger partial charge in [0.2, 0.25) is 5.91 Å². The minimum atomic E-state index is -0.968. The van der Waals surface area contributed by atoms with Crippen molar-refractivity contribution in [3.63, 3.8) is 0 Å². The van der Waals surface area contributed by atoms with Gasteiger partial charge in [-0.2, -0.15) is 0 Å². The number of likely N-dealkylation sites (N-methyl/N-ethyl adjacent to an activating group) is 1. The van der Waals surface area contributed by atoms with E-state index in [1.54, 1.807) is 31.1 Å². The maximum absolute atomic E-state index is 13.0. The van der Waals surface area contributed by atoms with Gasteiger partial charge in [0.15, 0.2) is 0 Å². The van der Waals surface area contributed by atoms with E-state index in [0.29, 0.717) is 5.92 Å². The molecule has 35 heavy (non-hydrogen) atoms. The van der Waals surface area contributed by atoms with E-state index in [1.165, 1.54) is 24.8 Å². The van der Waals surface area contributed by atoms with Gasteiger partial charge in [-0.1, -0.05) is 43.5 Å². The van der Waals surface area contributed by atoms with Crippen LogP contribution in [0.2, 0.25) is 0 Å². The lowest BCUT2D eigenvalue weighted by Gasteiger charge is -2.24. The number of carbonyl (C=O) groups is 2. The van der Waals surface area contributed by atoms with E-state index in [9.17, 15) is 14.7 Å². The van der Waals surface area contributed by atoms with Crippen LogP contribution in [-0.2, 0) is 11.3 Å². The third-order valence-corrected chi connectivity index (χ3v) is 7.38. The van der Waals surface area contributed by atoms with Crippen molar-refractivity contribution in [2.45, 2.75) is 51.5 Å². The Morgan fingerprint density at radius 1 is 1.06 bits per heavy atom. The molecular formula is C29H31N3O3. The van der Waals surface area contributed by atoms with Gasteiger partial charge < -0.3 is 14.6 Å². The Kier molecular flexibility index (Phi) is 6.05. The van der Waals surface area contributed by atoms with Gasteiger partial charge in [0.05, 0.1) is 22.3 Å². The van der Waals surface area contributed by atoms with Crippen molar-refractivity contribution in [3.8, 4) is 11.3 Å². The minimum absolute atomic E-state index is 0.0337. The van der Waals surface area contributed by atoms with Gasteiger partial charge in [-0.05, 0) is 55.0 Å². The third-order valence-electron chi connectivity index (χ3n) is 7.38. The number of rotatable bonds is 5. The molecule has 6 nitrogen and oxygen atoms in total. The molecule has 0 aliphatic heterocycles. The van der Waals surface area contributed by atoms with Crippen LogP contribution < -0.4 is 0 Å². The lowest BCUT2D eigenvalue weighted by atomic mass is 9.81. The Balaban J connectivity index is 1.90. The largest absolute Gasteiger partial charge is 0.478 e. The van der Waals surface area contributed by atoms with Crippen LogP contribution in [-0.4, -0.2) is 45.5 Å². The Labute approximate surface area is 205 Å². The lowest BCUT2D eigenvalue weighted by Crippen LogP contribution is -2.26. The Hall–Kier alpha value is -3.67. The second-order valence-electron chi connectivity index (χ2n) is 9.84. The Morgan fingerprint density at radius 2 is 1.83 bits per heavy atom. The molecule has 180 valence electrons. The zero-order valence-electron chi connectivity index (χ0n) is 20.5. The number of carbonyl (C=O) groups excluding carboxylic acids is 1. The van der Waals surface area contributed by atoms with E-state index in [1.807, 2.05) is 29.0 Å². The molecule has 1 aliphatic rings. The summed E-state index contributed by atoms with van der Waals surface area (Å²) in [5.41, 5.74) is 6.36. The minimum Gasteiger partial charge on any atom is -0.478 e. The predicted octanol–water partition coefficient (Wildman–Crippen LogP) is 6.00. The lowest BCUT2D eigenvalue weighted by molar-refractivity contribution is -0.129. The third kappa shape index (κ3) is 4.07. The average Bonchev–Trinajstić information content (AvgIpc) is 3.17. The molecule has 2 aromatic carbocycles. The molecule has 1 aliphatic carbocycles. The summed E-state index contributed by atoms with van der Waals surface area (Å²) in [6, 6.07) is 13.6. The normalized spacial score (nSPS) is 14.5. The number of aromatic nitrogens is 2. The van der Waals surface area contributed by atoms with Crippen LogP contribution in [0.15, 0.2) is 48.7 Å². The number of pyridine rings is 1. The van der Waals surface area contributed by atoms with Crippen LogP contribution >= 0.6 is 0 Å². The molecule has 1 saturated carbocycles. The van der Waals surface area contributed by atoms with Crippen LogP contribution in [0.3, 0.4) is 0 Å². The van der Waals surface area contributed by atoms with Gasteiger partial charge in [0.1, 0.15) is 6.54 Å². The SMILES string of the molecule is Cc1cccc2c(-c3c(C4CCCCC4)c4ccc(C(=O)O)cc4n3CC(=O)N(C)C)ccnc12. The van der Waals surface area contributed by atoms with Crippen molar-refractivity contribution < 1.29 is 14.7 Å². The fraction of sp³-hybridized carbons (Fsp3) is 0.345. The van der Waals surface area contributed by atoms with Crippen molar-refractivity contribution in [1.82, 2.24) is 14.5 Å². The van der Waals surface area contributed by atoms with E-state index in [4.69, 9.17) is 0 Å². The van der Waals surface area contributed by atoms with E-state index >= 15 is 0 Å². The molecule has 1 amide bonds. The number of carboxylic acid groups (broad SMARTS) is 1. The second-order valence-corrected chi connectivity index (χ2v) is 9.84. The molecule has 6 heteroatoms. The fourth-order valence-electron chi connectivity index (χ4n) is 5.58. The highest BCUT2D eigenvalue weighted by molar-refractivity contribution is 6.03. The first-order chi connectivity index (χ1) is 16.9. The molecule has 5 rings (SSSR count). The van der Waals surface area contributed by atoms with Crippen LogP contribution in [0.5, 0.6) is 0 Å². The first-order valence-electron chi connectivity index (χ1n) is 12.3. The second kappa shape index (κ2) is 9.17. The summed E-state index contributed by atoms with van der Waals surface area (Å²) in [5, 5.41) is 11.8. The van der Waals surface area contributed by atoms with E-state index in [0.717, 1.165) is 51.5 Å². The summed E-state index contributed by atoms with van der Waals surface area (Å²) in [6.45, 7) is 2.20. The van der Waals surface area contributed by atoms with Gasteiger partial charge in [-0.3, -0.25) is 9.78 Å². The number of aromatic carboxylic acids is 1. The summed E-state index contributed by atoms with van der Waals surface area (Å²) >= 11 is 0. The van der Waals surface area contributed by atoms with Crippen molar-refractivity contribution in [3.05, 3.63) is 65.4 Å². The highest BCUT2D eigenvalue weighted by Crippen LogP contribution is 2.45. The molecule has 1 N–H and O–H groups in total. The molecule has 0 atom stereocenters. The molecule has 0 bridgehead atoms. The van der Waals surface area contributed by atoms with Crippen molar-refractivity contribution in [2.75, 3.05) is 14.1 Å². The quantitative estimate of drug-likeness (QED) is 0.389. The van der Waals surface area contributed by atoms with Crippen LogP contribution in [0, 0.1) is 6.92 Å². The molecule has 1 fully saturated rings. The zero-order chi connectivity index (χ0) is 24.7. The molecule has 0 spiro atoms. The number of hydrogen-bond donors (Lipinski definition) is 1. The summed E-state index contributed by atoms with van der Waals surface area (Å²) in [5.74, 6) is -0.640. The van der Waals surface area contributed by atoms with Crippen LogP contribution in [0.4, 0.5) is 0 Å². The van der Waals surface area contributed by atoms with Crippen molar-refractivity contribution in [2.24, 2.45) is 0 Å². The smallest absolute Gasteiger partial charge is 0.335 e. The summed E-state index contributed by atoms with van der Waals surface area (Å²) in [7, 11) is 3.51. The number of nitrogens with zero attached hydrogens (tertiary/aromatic N) is 3. The Morgan fingerprint density at radius 3 is 2.54 bits per heavy atom. The van der Waals surface area contributed by atoms with Gasteiger partial charge in [-0.25, -0.2) is 4.79 Å². The molecule has 4 aromatic rings. The first-order valence-corrected chi connectivity index (χ1v) is 12.3. The van der Waals surface area contributed by atoms with Gasteiger partial charge in [-0.15, -0.1) is 0 Å². The number of fused-ring (bicyclic) bond motifs is 2. The fourth-order valence-corrected chi connectivity index (χ4v) is 5.58. The number of aryl methyl sites for hydroxylation is 1. The van der Waals surface area contributed by atoms with Gasteiger partial charge >= 0.3 is 5.97 Å². The monoisotopic (exact) mass is 469 g/mol. The number of benzene rings is 2. The molecule has 0 saturated heterocycles. The molecule has 0 radical (unpaired) electrons. The average molecular weight is 470 g/mol. The molecule has 0 unspecified atom stereocenters. The van der Waals surface area contributed by atoms with Crippen LogP contribution in [0.1, 0.15) is 59.5 Å². The van der Waals surface area contributed by atoms with E-state index in [2.05, 4.69) is 24.0 Å². The molecule has 2 aromatic heterocycles. The van der Waals surface area contributed by atoms with Crippen molar-refractivity contribution in [1.29, 1.82) is 0 Å². The number of para-hydroxylation sites is 1. The van der Waals surface area contributed by atoms with Gasteiger partial charge in [0.25, 0.3) is 0 Å². The number of hydrogen-bond acceptors (Lipinski definition) is 3. The Bertz CT molecular complexity index is 1440. The maximum Gasteiger partial charge on any atom is 0.335 e. The first kappa shape index (κ1) is 23.1. The van der Waals surface area contributed by atoms with Crippen LogP contribution in [0.25, 0.3) is 33.1 Å². The summed E-state index contributed by atoms with van der Waals surface area (Å²) in [6.07, 6.45) is 7.62. The number of amides is 1. The van der Waals surface area contributed by atoms with Crippen molar-refractivity contribution >= 4 is 33.7 Å². The van der Waals surface area contributed by atoms with E-state index < -0.39 is 5.97 Å². The summed E-state index contributed by atoms with van der Waals surface area (Å²) < 4.78 is 2.05. The maximum atomic E-state index is 13.0. The molecule has 2 heterocycles. The summed E-state index contributed by atoms with van der Waals surface area (Å²) in [4.78, 5) is 31.2.